The first-order valence-electron chi connectivity index (χ1n) is 4.57. The summed E-state index contributed by atoms with van der Waals surface area (Å²) in [4.78, 5) is 0. The quantitative estimate of drug-likeness (QED) is 0.677. The summed E-state index contributed by atoms with van der Waals surface area (Å²) in [5.41, 5.74) is 5.55. The van der Waals surface area contributed by atoms with Gasteiger partial charge in [0.2, 0.25) is 0 Å². The van der Waals surface area contributed by atoms with Crippen LogP contribution in [0.15, 0.2) is 0 Å². The Morgan fingerprint density at radius 3 is 2.67 bits per heavy atom. The van der Waals surface area contributed by atoms with Crippen LogP contribution < -0.4 is 5.73 Å². The van der Waals surface area contributed by atoms with Crippen molar-refractivity contribution in [2.24, 2.45) is 17.6 Å². The molecule has 0 aromatic carbocycles. The van der Waals surface area contributed by atoms with Crippen molar-refractivity contribution in [2.75, 3.05) is 13.7 Å². The lowest BCUT2D eigenvalue weighted by atomic mass is 9.87. The minimum Gasteiger partial charge on any atom is -0.356 e. The lowest BCUT2D eigenvalue weighted by Crippen LogP contribution is -2.42. The minimum atomic E-state index is -0.0673. The number of nitrogens with two attached hydrogens (primary N) is 1. The van der Waals surface area contributed by atoms with Crippen molar-refractivity contribution in [3.63, 3.8) is 0 Å². The zero-order valence-corrected chi connectivity index (χ0v) is 8.12. The van der Waals surface area contributed by atoms with Gasteiger partial charge in [-0.25, -0.2) is 0 Å². The molecule has 12 heavy (non-hydrogen) atoms. The summed E-state index contributed by atoms with van der Waals surface area (Å²) < 4.78 is 10.8. The van der Waals surface area contributed by atoms with Crippen LogP contribution in [-0.2, 0) is 9.47 Å². The Hall–Kier alpha value is -0.120. The molecular weight excluding hydrogens is 154 g/mol. The third-order valence-corrected chi connectivity index (χ3v) is 2.78. The summed E-state index contributed by atoms with van der Waals surface area (Å²) in [6, 6.07) is 0. The first kappa shape index (κ1) is 9.96. The van der Waals surface area contributed by atoms with Crippen molar-refractivity contribution in [3.8, 4) is 0 Å². The van der Waals surface area contributed by atoms with Crippen LogP contribution in [0.2, 0.25) is 0 Å². The van der Waals surface area contributed by atoms with Gasteiger partial charge in [0.25, 0.3) is 0 Å². The van der Waals surface area contributed by atoms with Crippen molar-refractivity contribution in [1.82, 2.24) is 0 Å². The number of hydrogen-bond acceptors (Lipinski definition) is 3. The minimum absolute atomic E-state index is 0.0673. The molecule has 1 rings (SSSR count). The maximum atomic E-state index is 5.62. The average molecular weight is 173 g/mol. The van der Waals surface area contributed by atoms with E-state index >= 15 is 0 Å². The Bertz CT molecular complexity index is 140. The summed E-state index contributed by atoms with van der Waals surface area (Å²) >= 11 is 0. The Kier molecular flexibility index (Phi) is 3.50. The summed E-state index contributed by atoms with van der Waals surface area (Å²) in [7, 11) is 1.69. The number of methoxy groups -OCH3 is 1. The van der Waals surface area contributed by atoms with Crippen LogP contribution >= 0.6 is 0 Å². The van der Waals surface area contributed by atoms with Crippen LogP contribution in [0.5, 0.6) is 0 Å². The molecular formula is C9H19NO2. The zero-order valence-electron chi connectivity index (χ0n) is 8.12. The predicted octanol–water partition coefficient (Wildman–Crippen LogP) is 0.979. The molecule has 0 aromatic rings. The Labute approximate surface area is 74.2 Å². The second-order valence-electron chi connectivity index (χ2n) is 3.67. The summed E-state index contributed by atoms with van der Waals surface area (Å²) in [5, 5.41) is 0. The van der Waals surface area contributed by atoms with E-state index in [-0.39, 0.29) is 12.4 Å². The van der Waals surface area contributed by atoms with Gasteiger partial charge in [0, 0.05) is 19.6 Å². The third-order valence-electron chi connectivity index (χ3n) is 2.78. The highest BCUT2D eigenvalue weighted by atomic mass is 16.7. The van der Waals surface area contributed by atoms with E-state index in [2.05, 4.69) is 13.8 Å². The molecule has 2 N–H and O–H groups in total. The first-order valence-corrected chi connectivity index (χ1v) is 4.57. The Balaban J connectivity index is 2.52. The molecule has 72 valence electrons. The molecule has 3 heteroatoms. The van der Waals surface area contributed by atoms with Crippen LogP contribution in [0.3, 0.4) is 0 Å². The van der Waals surface area contributed by atoms with Gasteiger partial charge in [0.15, 0.2) is 6.29 Å². The van der Waals surface area contributed by atoms with E-state index < -0.39 is 0 Å². The molecule has 0 aromatic heterocycles. The maximum Gasteiger partial charge on any atom is 0.160 e. The highest BCUT2D eigenvalue weighted by Gasteiger charge is 2.32. The Morgan fingerprint density at radius 2 is 2.17 bits per heavy atom. The fourth-order valence-corrected chi connectivity index (χ4v) is 1.69. The lowest BCUT2D eigenvalue weighted by molar-refractivity contribution is -0.216. The molecule has 2 unspecified atom stereocenters. The molecule has 0 bridgehead atoms. The molecule has 0 amide bonds. The van der Waals surface area contributed by atoms with E-state index in [0.29, 0.717) is 18.4 Å². The van der Waals surface area contributed by atoms with Crippen LogP contribution in [0, 0.1) is 11.8 Å². The van der Waals surface area contributed by atoms with Crippen LogP contribution in [0.1, 0.15) is 20.3 Å². The van der Waals surface area contributed by atoms with E-state index in [1.54, 1.807) is 7.11 Å². The van der Waals surface area contributed by atoms with E-state index in [1.165, 1.54) is 0 Å². The zero-order chi connectivity index (χ0) is 9.14. The van der Waals surface area contributed by atoms with Crippen molar-refractivity contribution >= 4 is 0 Å². The SMILES string of the molecule is CO[C@H]1OC(CN)CC(C)[C@@H]1C. The molecule has 1 aliphatic heterocycles. The fraction of sp³-hybridized carbons (Fsp3) is 1.00. The van der Waals surface area contributed by atoms with Gasteiger partial charge in [-0.2, -0.15) is 0 Å². The van der Waals surface area contributed by atoms with E-state index in [9.17, 15) is 0 Å². The average Bonchev–Trinajstić information content (AvgIpc) is 2.09. The maximum absolute atomic E-state index is 5.62. The molecule has 1 heterocycles. The summed E-state index contributed by atoms with van der Waals surface area (Å²) in [5.74, 6) is 1.11. The molecule has 0 radical (unpaired) electrons. The predicted molar refractivity (Wildman–Crippen MR) is 47.7 cm³/mol. The number of rotatable bonds is 2. The lowest BCUT2D eigenvalue weighted by Gasteiger charge is -2.37. The van der Waals surface area contributed by atoms with E-state index in [4.69, 9.17) is 15.2 Å². The number of hydrogen-bond donors (Lipinski definition) is 1. The van der Waals surface area contributed by atoms with E-state index in [1.807, 2.05) is 0 Å². The highest BCUT2D eigenvalue weighted by molar-refractivity contribution is 4.77. The molecule has 4 atom stereocenters. The van der Waals surface area contributed by atoms with Crippen LogP contribution in [0.25, 0.3) is 0 Å². The van der Waals surface area contributed by atoms with Crippen molar-refractivity contribution < 1.29 is 9.47 Å². The van der Waals surface area contributed by atoms with Crippen molar-refractivity contribution in [3.05, 3.63) is 0 Å². The molecule has 0 spiro atoms. The van der Waals surface area contributed by atoms with E-state index in [0.717, 1.165) is 6.42 Å². The molecule has 1 saturated heterocycles. The second-order valence-corrected chi connectivity index (χ2v) is 3.67. The van der Waals surface area contributed by atoms with Gasteiger partial charge in [-0.1, -0.05) is 13.8 Å². The van der Waals surface area contributed by atoms with Crippen LogP contribution in [-0.4, -0.2) is 26.0 Å². The van der Waals surface area contributed by atoms with Crippen LogP contribution in [0.4, 0.5) is 0 Å². The second kappa shape index (κ2) is 4.21. The molecule has 0 aliphatic carbocycles. The van der Waals surface area contributed by atoms with Gasteiger partial charge in [-0.05, 0) is 12.3 Å². The normalized spacial score (nSPS) is 43.0. The molecule has 1 fully saturated rings. The molecule has 3 nitrogen and oxygen atoms in total. The highest BCUT2D eigenvalue weighted by Crippen LogP contribution is 2.29. The largest absolute Gasteiger partial charge is 0.356 e. The van der Waals surface area contributed by atoms with Gasteiger partial charge in [0.05, 0.1) is 6.10 Å². The van der Waals surface area contributed by atoms with Gasteiger partial charge in [0.1, 0.15) is 0 Å². The van der Waals surface area contributed by atoms with Crippen molar-refractivity contribution in [1.29, 1.82) is 0 Å². The number of ether oxygens (including phenoxy) is 2. The van der Waals surface area contributed by atoms with Gasteiger partial charge in [-0.3, -0.25) is 0 Å². The van der Waals surface area contributed by atoms with Crippen molar-refractivity contribution in [2.45, 2.75) is 32.7 Å². The molecule has 0 saturated carbocycles. The Morgan fingerprint density at radius 1 is 1.50 bits per heavy atom. The first-order chi connectivity index (χ1) is 5.69. The standard InChI is InChI=1S/C9H19NO2/c1-6-4-8(5-10)12-9(11-3)7(6)2/h6-9H,4-5,10H2,1-3H3/t6?,7-,8?,9-/m0/s1. The van der Waals surface area contributed by atoms with Gasteiger partial charge >= 0.3 is 0 Å². The monoisotopic (exact) mass is 173 g/mol. The summed E-state index contributed by atoms with van der Waals surface area (Å²) in [6.07, 6.45) is 1.17. The summed E-state index contributed by atoms with van der Waals surface area (Å²) in [6.45, 7) is 4.98. The van der Waals surface area contributed by atoms with Gasteiger partial charge in [-0.15, -0.1) is 0 Å². The van der Waals surface area contributed by atoms with Gasteiger partial charge < -0.3 is 15.2 Å². The fourth-order valence-electron chi connectivity index (χ4n) is 1.69. The smallest absolute Gasteiger partial charge is 0.160 e. The topological polar surface area (TPSA) is 44.5 Å². The molecule has 1 aliphatic rings. The third kappa shape index (κ3) is 1.97.